The Morgan fingerprint density at radius 3 is 1.78 bits per heavy atom. The van der Waals surface area contributed by atoms with Crippen LogP contribution in [0.5, 0.6) is 0 Å². The van der Waals surface area contributed by atoms with Crippen molar-refractivity contribution < 1.29 is 9.46 Å². The lowest BCUT2D eigenvalue weighted by Gasteiger charge is -2.04. The van der Waals surface area contributed by atoms with E-state index in [1.54, 1.807) is 0 Å². The van der Waals surface area contributed by atoms with Crippen LogP contribution in [0, 0.1) is 0 Å². The average molecular weight is 166 g/mol. The largest absolute Gasteiger partial charge is 0.346 e. The van der Waals surface area contributed by atoms with Gasteiger partial charge in [0, 0.05) is 5.66 Å². The third-order valence-electron chi connectivity index (χ3n) is 1.33. The molecule has 0 fully saturated rings. The first-order valence-electron chi connectivity index (χ1n) is 2.95. The zero-order valence-electron chi connectivity index (χ0n) is 5.35. The molecule has 1 atom stereocenters. The zero-order chi connectivity index (χ0) is 6.57. The number of rotatable bonds is 3. The monoisotopic (exact) mass is 166 g/mol. The molecule has 0 spiro atoms. The minimum Gasteiger partial charge on any atom is -0.346 e. The Morgan fingerprint density at radius 2 is 1.78 bits per heavy atom. The zero-order valence-corrected chi connectivity index (χ0v) is 6.35. The Morgan fingerprint density at radius 1 is 1.44 bits per heavy atom. The molecule has 2 nitrogen and oxygen atoms in total. The molecule has 9 heavy (non-hydrogen) atoms. The number of hydrogen-bond donors (Lipinski definition) is 1. The molecule has 0 bridgehead atoms. The van der Waals surface area contributed by atoms with Gasteiger partial charge >= 0.3 is 0 Å². The van der Waals surface area contributed by atoms with Crippen molar-refractivity contribution in [1.82, 2.24) is 0 Å². The second kappa shape index (κ2) is 6.84. The van der Waals surface area contributed by atoms with Crippen molar-refractivity contribution in [3.63, 3.8) is 0 Å². The summed E-state index contributed by atoms with van der Waals surface area (Å²) in [6.07, 6.45) is 1.65. The van der Waals surface area contributed by atoms with E-state index < -0.39 is 8.03 Å². The van der Waals surface area contributed by atoms with E-state index in [-0.39, 0.29) is 23.0 Å². The van der Waals surface area contributed by atoms with Gasteiger partial charge in [-0.1, -0.05) is 13.8 Å². The van der Waals surface area contributed by atoms with Crippen LogP contribution in [0.3, 0.4) is 0 Å². The first kappa shape index (κ1) is 12.4. The lowest BCUT2D eigenvalue weighted by molar-refractivity contribution is 0.483. The van der Waals surface area contributed by atoms with Gasteiger partial charge in [0.2, 0.25) is 0 Å². The van der Waals surface area contributed by atoms with Gasteiger partial charge in [-0.3, -0.25) is 4.57 Å². The molecular formula is C5H16AlO2P. The molecule has 0 aliphatic carbocycles. The van der Waals surface area contributed by atoms with Crippen molar-refractivity contribution in [3.05, 3.63) is 0 Å². The van der Waals surface area contributed by atoms with Gasteiger partial charge in [0.1, 0.15) is 0 Å². The molecule has 0 rings (SSSR count). The van der Waals surface area contributed by atoms with E-state index in [9.17, 15) is 4.57 Å². The second-order valence-electron chi connectivity index (χ2n) is 1.85. The lowest BCUT2D eigenvalue weighted by atomic mass is 10.3. The van der Waals surface area contributed by atoms with E-state index in [1.165, 1.54) is 0 Å². The second-order valence-corrected chi connectivity index (χ2v) is 3.34. The third-order valence-corrected chi connectivity index (χ3v) is 2.85. The van der Waals surface area contributed by atoms with Crippen LogP contribution >= 0.6 is 8.03 Å². The van der Waals surface area contributed by atoms with Gasteiger partial charge in [0.15, 0.2) is 25.4 Å². The highest BCUT2D eigenvalue weighted by atomic mass is 31.1. The van der Waals surface area contributed by atoms with Crippen LogP contribution in [0.4, 0.5) is 0 Å². The van der Waals surface area contributed by atoms with E-state index in [2.05, 4.69) is 0 Å². The minimum absolute atomic E-state index is 0. The molecule has 0 radical (unpaired) electrons. The fourth-order valence-electron chi connectivity index (χ4n) is 0.638. The Bertz CT molecular complexity index is 83.0. The van der Waals surface area contributed by atoms with Crippen LogP contribution in [0.25, 0.3) is 0 Å². The van der Waals surface area contributed by atoms with Gasteiger partial charge in [-0.05, 0) is 12.8 Å². The molecule has 0 heterocycles. The molecule has 0 saturated heterocycles. The van der Waals surface area contributed by atoms with Crippen LogP contribution in [-0.2, 0) is 4.57 Å². The average Bonchev–Trinajstić information content (AvgIpc) is 1.69. The molecule has 56 valence electrons. The topological polar surface area (TPSA) is 37.3 Å². The Balaban J connectivity index is 0. The highest BCUT2D eigenvalue weighted by Gasteiger charge is 2.06. The Kier molecular flexibility index (Phi) is 9.42. The minimum atomic E-state index is -2.22. The van der Waals surface area contributed by atoms with Gasteiger partial charge in [0.05, 0.1) is 0 Å². The summed E-state index contributed by atoms with van der Waals surface area (Å²) in [5.41, 5.74) is 0.0556. The van der Waals surface area contributed by atoms with Crippen LogP contribution in [0.2, 0.25) is 0 Å². The maximum Gasteiger partial charge on any atom is 0.192 e. The standard InChI is InChI=1S/C5H13O2P.Al.3H/c1-3-5(4-2)8(6)7;;;;/h5,8H,3-4H2,1-2H3,(H,6,7);;;;. The van der Waals surface area contributed by atoms with Crippen LogP contribution in [0.15, 0.2) is 0 Å². The molecule has 0 aliphatic rings. The molecule has 0 amide bonds. The highest BCUT2D eigenvalue weighted by Crippen LogP contribution is 2.27. The Hall–Kier alpha value is 0.722. The summed E-state index contributed by atoms with van der Waals surface area (Å²) in [5.74, 6) is 0. The fourth-order valence-corrected chi connectivity index (χ4v) is 1.34. The van der Waals surface area contributed by atoms with Gasteiger partial charge in [0.25, 0.3) is 0 Å². The normalized spacial score (nSPS) is 12.9. The number of hydrogen-bond acceptors (Lipinski definition) is 1. The molecule has 0 aromatic heterocycles. The molecular weight excluding hydrogens is 150 g/mol. The SMILES string of the molecule is CCC(CC)[PH](=O)O.[AlH3]. The van der Waals surface area contributed by atoms with Gasteiger partial charge < -0.3 is 4.89 Å². The van der Waals surface area contributed by atoms with E-state index in [0.29, 0.717) is 0 Å². The maximum atomic E-state index is 10.3. The summed E-state index contributed by atoms with van der Waals surface area (Å²) in [4.78, 5) is 8.56. The third kappa shape index (κ3) is 5.18. The Labute approximate surface area is 67.7 Å². The predicted molar refractivity (Wildman–Crippen MR) is 45.5 cm³/mol. The van der Waals surface area contributed by atoms with E-state index in [0.717, 1.165) is 12.8 Å². The summed E-state index contributed by atoms with van der Waals surface area (Å²) in [7, 11) is -2.22. The van der Waals surface area contributed by atoms with E-state index >= 15 is 0 Å². The highest BCUT2D eigenvalue weighted by molar-refractivity contribution is 7.38. The molecule has 0 saturated carbocycles. The van der Waals surface area contributed by atoms with Crippen molar-refractivity contribution in [3.8, 4) is 0 Å². The van der Waals surface area contributed by atoms with E-state index in [4.69, 9.17) is 4.89 Å². The van der Waals surface area contributed by atoms with Gasteiger partial charge in [-0.2, -0.15) is 0 Å². The van der Waals surface area contributed by atoms with E-state index in [1.807, 2.05) is 13.8 Å². The maximum absolute atomic E-state index is 10.3. The summed E-state index contributed by atoms with van der Waals surface area (Å²) >= 11 is 0. The fraction of sp³-hybridized carbons (Fsp3) is 1.00. The quantitative estimate of drug-likeness (QED) is 0.488. The van der Waals surface area contributed by atoms with Crippen LogP contribution in [0.1, 0.15) is 26.7 Å². The first-order chi connectivity index (χ1) is 3.72. The molecule has 0 aromatic carbocycles. The van der Waals surface area contributed by atoms with Crippen molar-refractivity contribution in [2.45, 2.75) is 32.3 Å². The molecule has 1 unspecified atom stereocenters. The lowest BCUT2D eigenvalue weighted by Crippen LogP contribution is -1.95. The molecule has 4 heteroatoms. The molecule has 0 aromatic rings. The van der Waals surface area contributed by atoms with Crippen molar-refractivity contribution in [1.29, 1.82) is 0 Å². The van der Waals surface area contributed by atoms with Gasteiger partial charge in [-0.15, -0.1) is 0 Å². The summed E-state index contributed by atoms with van der Waals surface area (Å²) in [5, 5.41) is 0. The van der Waals surface area contributed by atoms with Crippen LogP contribution in [-0.4, -0.2) is 27.9 Å². The summed E-state index contributed by atoms with van der Waals surface area (Å²) in [6, 6.07) is 0. The predicted octanol–water partition coefficient (Wildman–Crippen LogP) is 0.458. The molecule has 1 N–H and O–H groups in total. The smallest absolute Gasteiger partial charge is 0.192 e. The molecule has 0 aliphatic heterocycles. The first-order valence-corrected chi connectivity index (χ1v) is 4.38. The van der Waals surface area contributed by atoms with Crippen molar-refractivity contribution >= 4 is 25.4 Å². The van der Waals surface area contributed by atoms with Crippen molar-refractivity contribution in [2.75, 3.05) is 0 Å². The van der Waals surface area contributed by atoms with Crippen molar-refractivity contribution in [2.24, 2.45) is 0 Å². The summed E-state index contributed by atoms with van der Waals surface area (Å²) in [6.45, 7) is 3.87. The summed E-state index contributed by atoms with van der Waals surface area (Å²) < 4.78 is 10.3. The van der Waals surface area contributed by atoms with Crippen LogP contribution < -0.4 is 0 Å². The van der Waals surface area contributed by atoms with Gasteiger partial charge in [-0.25, -0.2) is 0 Å².